The van der Waals surface area contributed by atoms with Gasteiger partial charge in [-0.05, 0) is 12.3 Å². The first-order valence-electron chi connectivity index (χ1n) is 4.29. The van der Waals surface area contributed by atoms with Crippen molar-refractivity contribution in [2.45, 2.75) is 25.9 Å². The molecule has 0 aromatic carbocycles. The maximum Gasteiger partial charge on any atom is 0.397 e. The summed E-state index contributed by atoms with van der Waals surface area (Å²) in [6.07, 6.45) is -5.44. The minimum atomic E-state index is -4.45. The van der Waals surface area contributed by atoms with Gasteiger partial charge in [-0.3, -0.25) is 4.79 Å². The van der Waals surface area contributed by atoms with Crippen LogP contribution in [0.1, 0.15) is 19.8 Å². The normalized spacial score (nSPS) is 13.8. The highest BCUT2D eigenvalue weighted by molar-refractivity contribution is 5.76. The quantitative estimate of drug-likeness (QED) is 0.717. The number of hydrogen-bond donors (Lipinski definition) is 2. The summed E-state index contributed by atoms with van der Waals surface area (Å²) >= 11 is 0. The fraction of sp³-hybridized carbons (Fsp3) is 0.875. The average Bonchev–Trinajstić information content (AvgIpc) is 1.98. The Hall–Kier alpha value is -0.780. The third-order valence-corrected chi connectivity index (χ3v) is 1.63. The molecule has 0 aliphatic rings. The topological polar surface area (TPSA) is 49.3 Å². The smallest absolute Gasteiger partial charge is 0.396 e. The zero-order chi connectivity index (χ0) is 11.2. The summed E-state index contributed by atoms with van der Waals surface area (Å²) < 4.78 is 35.0. The molecule has 0 rings (SSSR count). The van der Waals surface area contributed by atoms with E-state index in [1.54, 1.807) is 6.92 Å². The predicted octanol–water partition coefficient (Wildman–Crippen LogP) is 1.07. The van der Waals surface area contributed by atoms with Crippen molar-refractivity contribution >= 4 is 5.91 Å². The minimum Gasteiger partial charge on any atom is -0.396 e. The molecule has 0 aliphatic heterocycles. The van der Waals surface area contributed by atoms with Crippen LogP contribution in [0, 0.1) is 5.92 Å². The zero-order valence-electron chi connectivity index (χ0n) is 7.90. The number of halogens is 3. The molecule has 3 nitrogen and oxygen atoms in total. The summed E-state index contributed by atoms with van der Waals surface area (Å²) in [5.41, 5.74) is 0. The van der Waals surface area contributed by atoms with Crippen LogP contribution in [0.25, 0.3) is 0 Å². The van der Waals surface area contributed by atoms with E-state index in [-0.39, 0.29) is 19.1 Å². The second-order valence-electron chi connectivity index (χ2n) is 3.21. The SMILES string of the molecule is CC(CCO)CNC(=O)CC(F)(F)F. The highest BCUT2D eigenvalue weighted by Gasteiger charge is 2.30. The van der Waals surface area contributed by atoms with Crippen LogP contribution >= 0.6 is 0 Å². The third kappa shape index (κ3) is 7.85. The Kier molecular flexibility index (Phi) is 5.52. The molecule has 1 unspecified atom stereocenters. The second-order valence-corrected chi connectivity index (χ2v) is 3.21. The molecule has 6 heteroatoms. The summed E-state index contributed by atoms with van der Waals surface area (Å²) in [6.45, 7) is 1.87. The van der Waals surface area contributed by atoms with Gasteiger partial charge in [0, 0.05) is 13.2 Å². The van der Waals surface area contributed by atoms with Crippen LogP contribution in [0.4, 0.5) is 13.2 Å². The van der Waals surface area contributed by atoms with Crippen LogP contribution in [-0.4, -0.2) is 30.3 Å². The number of rotatable bonds is 5. The first-order chi connectivity index (χ1) is 6.35. The fourth-order valence-electron chi connectivity index (χ4n) is 0.855. The van der Waals surface area contributed by atoms with Gasteiger partial charge in [-0.1, -0.05) is 6.92 Å². The van der Waals surface area contributed by atoms with Gasteiger partial charge in [-0.25, -0.2) is 0 Å². The largest absolute Gasteiger partial charge is 0.397 e. The van der Waals surface area contributed by atoms with Crippen molar-refractivity contribution in [1.29, 1.82) is 0 Å². The van der Waals surface area contributed by atoms with E-state index in [1.165, 1.54) is 0 Å². The van der Waals surface area contributed by atoms with E-state index < -0.39 is 18.5 Å². The zero-order valence-corrected chi connectivity index (χ0v) is 7.90. The van der Waals surface area contributed by atoms with E-state index in [9.17, 15) is 18.0 Å². The van der Waals surface area contributed by atoms with Crippen molar-refractivity contribution in [3.05, 3.63) is 0 Å². The van der Waals surface area contributed by atoms with Gasteiger partial charge in [0.1, 0.15) is 6.42 Å². The number of aliphatic hydroxyl groups excluding tert-OH is 1. The van der Waals surface area contributed by atoms with Crippen molar-refractivity contribution in [2.75, 3.05) is 13.2 Å². The fourth-order valence-corrected chi connectivity index (χ4v) is 0.855. The van der Waals surface area contributed by atoms with Gasteiger partial charge in [0.15, 0.2) is 0 Å². The number of carbonyl (C=O) groups excluding carboxylic acids is 1. The molecule has 0 saturated heterocycles. The third-order valence-electron chi connectivity index (χ3n) is 1.63. The van der Waals surface area contributed by atoms with Gasteiger partial charge in [0.05, 0.1) is 0 Å². The van der Waals surface area contributed by atoms with Crippen LogP contribution in [0.2, 0.25) is 0 Å². The molecule has 0 radical (unpaired) electrons. The Morgan fingerprint density at radius 2 is 2.07 bits per heavy atom. The maximum absolute atomic E-state index is 11.7. The lowest BCUT2D eigenvalue weighted by Gasteiger charge is -2.11. The molecule has 1 amide bonds. The Bertz CT molecular complexity index is 182. The molecule has 84 valence electrons. The van der Waals surface area contributed by atoms with Crippen molar-refractivity contribution in [2.24, 2.45) is 5.92 Å². The maximum atomic E-state index is 11.7. The van der Waals surface area contributed by atoms with Crippen molar-refractivity contribution in [3.63, 3.8) is 0 Å². The number of amides is 1. The summed E-state index contributed by atoms with van der Waals surface area (Å²) in [4.78, 5) is 10.7. The van der Waals surface area contributed by atoms with Crippen molar-refractivity contribution < 1.29 is 23.1 Å². The van der Waals surface area contributed by atoms with E-state index in [0.717, 1.165) is 0 Å². The molecule has 2 N–H and O–H groups in total. The lowest BCUT2D eigenvalue weighted by molar-refractivity contribution is -0.153. The number of carbonyl (C=O) groups is 1. The van der Waals surface area contributed by atoms with E-state index in [0.29, 0.717) is 6.42 Å². The highest BCUT2D eigenvalue weighted by atomic mass is 19.4. The summed E-state index contributed by atoms with van der Waals surface area (Å²) in [5, 5.41) is 10.6. The van der Waals surface area contributed by atoms with E-state index >= 15 is 0 Å². The van der Waals surface area contributed by atoms with Crippen LogP contribution in [0.3, 0.4) is 0 Å². The number of aliphatic hydroxyl groups is 1. The van der Waals surface area contributed by atoms with Crippen LogP contribution in [0.5, 0.6) is 0 Å². The average molecular weight is 213 g/mol. The monoisotopic (exact) mass is 213 g/mol. The number of hydrogen-bond acceptors (Lipinski definition) is 2. The predicted molar refractivity (Wildman–Crippen MR) is 44.5 cm³/mol. The van der Waals surface area contributed by atoms with E-state index in [4.69, 9.17) is 5.11 Å². The first kappa shape index (κ1) is 13.2. The molecule has 1 atom stereocenters. The van der Waals surface area contributed by atoms with Crippen molar-refractivity contribution in [1.82, 2.24) is 5.32 Å². The Balaban J connectivity index is 3.64. The lowest BCUT2D eigenvalue weighted by atomic mass is 10.1. The molecule has 0 bridgehead atoms. The molecule has 0 heterocycles. The van der Waals surface area contributed by atoms with Gasteiger partial charge in [0.25, 0.3) is 0 Å². The molecule has 0 fully saturated rings. The summed E-state index contributed by atoms with van der Waals surface area (Å²) in [5.74, 6) is -1.04. The molecular formula is C8H14F3NO2. The Morgan fingerprint density at radius 3 is 2.50 bits per heavy atom. The molecular weight excluding hydrogens is 199 g/mol. The summed E-state index contributed by atoms with van der Waals surface area (Å²) in [7, 11) is 0. The Labute approximate surface area is 80.3 Å². The number of alkyl halides is 3. The van der Waals surface area contributed by atoms with Crippen LogP contribution in [-0.2, 0) is 4.79 Å². The molecule has 0 aromatic heterocycles. The standard InChI is InChI=1S/C8H14F3NO2/c1-6(2-3-13)5-12-7(14)4-8(9,10)11/h6,13H,2-5H2,1H3,(H,12,14). The van der Waals surface area contributed by atoms with E-state index in [1.807, 2.05) is 0 Å². The van der Waals surface area contributed by atoms with Gasteiger partial charge >= 0.3 is 6.18 Å². The first-order valence-corrected chi connectivity index (χ1v) is 4.29. The molecule has 0 spiro atoms. The molecule has 0 saturated carbocycles. The number of nitrogens with one attached hydrogen (secondary N) is 1. The molecule has 14 heavy (non-hydrogen) atoms. The van der Waals surface area contributed by atoms with E-state index in [2.05, 4.69) is 5.32 Å². The molecule has 0 aliphatic carbocycles. The minimum absolute atomic E-state index is 0.0165. The molecule has 0 aromatic rings. The van der Waals surface area contributed by atoms with Gasteiger partial charge < -0.3 is 10.4 Å². The Morgan fingerprint density at radius 1 is 1.50 bits per heavy atom. The van der Waals surface area contributed by atoms with Crippen molar-refractivity contribution in [3.8, 4) is 0 Å². The van der Waals surface area contributed by atoms with Gasteiger partial charge in [0.2, 0.25) is 5.91 Å². The highest BCUT2D eigenvalue weighted by Crippen LogP contribution is 2.18. The lowest BCUT2D eigenvalue weighted by Crippen LogP contribution is -2.32. The second kappa shape index (κ2) is 5.85. The van der Waals surface area contributed by atoms with Gasteiger partial charge in [-0.2, -0.15) is 13.2 Å². The van der Waals surface area contributed by atoms with Crippen LogP contribution < -0.4 is 5.32 Å². The van der Waals surface area contributed by atoms with Gasteiger partial charge in [-0.15, -0.1) is 0 Å². The van der Waals surface area contributed by atoms with Crippen LogP contribution in [0.15, 0.2) is 0 Å². The summed E-state index contributed by atoms with van der Waals surface area (Å²) in [6, 6.07) is 0.